The van der Waals surface area contributed by atoms with Crippen LogP contribution in [0.5, 0.6) is 0 Å². The highest BCUT2D eigenvalue weighted by molar-refractivity contribution is 5.14. The number of nitrogens with one attached hydrogen (secondary N) is 1. The summed E-state index contributed by atoms with van der Waals surface area (Å²) in [5, 5.41) is 30.3. The van der Waals surface area contributed by atoms with Crippen molar-refractivity contribution in [1.29, 1.82) is 0 Å². The van der Waals surface area contributed by atoms with Gasteiger partial charge in [-0.2, -0.15) is 0 Å². The van der Waals surface area contributed by atoms with Gasteiger partial charge < -0.3 is 20.6 Å². The van der Waals surface area contributed by atoms with Gasteiger partial charge in [-0.05, 0) is 5.56 Å². The third kappa shape index (κ3) is 4.28. The quantitative estimate of drug-likeness (QED) is 0.516. The molecule has 1 unspecified atom stereocenters. The van der Waals surface area contributed by atoms with Gasteiger partial charge in [0.25, 0.3) is 0 Å². The molecule has 0 aromatic heterocycles. The van der Waals surface area contributed by atoms with Crippen LogP contribution in [0.4, 0.5) is 0 Å². The summed E-state index contributed by atoms with van der Waals surface area (Å²) in [6.45, 7) is 0.713. The minimum atomic E-state index is -0.867. The molecule has 0 saturated heterocycles. The lowest BCUT2D eigenvalue weighted by atomic mass is 10.0. The second-order valence-electron chi connectivity index (χ2n) is 3.81. The van der Waals surface area contributed by atoms with Crippen molar-refractivity contribution >= 4 is 0 Å². The molecule has 0 amide bonds. The minimum absolute atomic E-state index is 0.135. The molecule has 0 fully saturated rings. The molecule has 0 radical (unpaired) electrons. The summed E-state index contributed by atoms with van der Waals surface area (Å²) in [5.74, 6) is -0.325. The van der Waals surface area contributed by atoms with Gasteiger partial charge in [0.1, 0.15) is 0 Å². The van der Waals surface area contributed by atoms with Gasteiger partial charge in [-0.15, -0.1) is 0 Å². The molecular formula is C12H19NO3. The summed E-state index contributed by atoms with van der Waals surface area (Å²) in [5.41, 5.74) is 1.15. The van der Waals surface area contributed by atoms with Crippen molar-refractivity contribution in [3.8, 4) is 0 Å². The summed E-state index contributed by atoms with van der Waals surface area (Å²) >= 11 is 0. The van der Waals surface area contributed by atoms with E-state index >= 15 is 0 Å². The second-order valence-corrected chi connectivity index (χ2v) is 3.81. The number of hydrogen-bond acceptors (Lipinski definition) is 4. The molecule has 16 heavy (non-hydrogen) atoms. The van der Waals surface area contributed by atoms with Gasteiger partial charge in [-0.1, -0.05) is 30.3 Å². The van der Waals surface area contributed by atoms with Crippen molar-refractivity contribution in [2.24, 2.45) is 5.92 Å². The average Bonchev–Trinajstić information content (AvgIpc) is 2.35. The number of rotatable bonds is 7. The Labute approximate surface area is 95.6 Å². The minimum Gasteiger partial charge on any atom is -0.396 e. The molecule has 4 heteroatoms. The summed E-state index contributed by atoms with van der Waals surface area (Å²) in [6.07, 6.45) is -0.867. The molecule has 0 saturated carbocycles. The van der Waals surface area contributed by atoms with Crippen LogP contribution in [0, 0.1) is 5.92 Å². The molecule has 0 heterocycles. The van der Waals surface area contributed by atoms with Gasteiger partial charge in [0.05, 0.1) is 12.7 Å². The van der Waals surface area contributed by atoms with Crippen LogP contribution in [0.25, 0.3) is 0 Å². The van der Waals surface area contributed by atoms with E-state index in [2.05, 4.69) is 5.32 Å². The van der Waals surface area contributed by atoms with Crippen LogP contribution >= 0.6 is 0 Å². The topological polar surface area (TPSA) is 72.7 Å². The molecule has 0 aliphatic heterocycles. The van der Waals surface area contributed by atoms with Crippen LogP contribution in [-0.4, -0.2) is 41.2 Å². The van der Waals surface area contributed by atoms with E-state index in [1.165, 1.54) is 0 Å². The molecule has 4 nitrogen and oxygen atoms in total. The smallest absolute Gasteiger partial charge is 0.0833 e. The lowest BCUT2D eigenvalue weighted by Crippen LogP contribution is -2.35. The van der Waals surface area contributed by atoms with Crippen molar-refractivity contribution in [3.05, 3.63) is 35.9 Å². The van der Waals surface area contributed by atoms with E-state index in [-0.39, 0.29) is 19.1 Å². The van der Waals surface area contributed by atoms with E-state index in [9.17, 15) is 5.11 Å². The highest BCUT2D eigenvalue weighted by Gasteiger charge is 2.16. The molecular weight excluding hydrogens is 206 g/mol. The van der Waals surface area contributed by atoms with Gasteiger partial charge in [-0.3, -0.25) is 0 Å². The first kappa shape index (κ1) is 13.1. The summed E-state index contributed by atoms with van der Waals surface area (Å²) in [7, 11) is 0. The Balaban J connectivity index is 2.28. The van der Waals surface area contributed by atoms with Gasteiger partial charge in [0.2, 0.25) is 0 Å². The first-order valence-electron chi connectivity index (χ1n) is 5.42. The Morgan fingerprint density at radius 1 is 1.06 bits per heavy atom. The first-order valence-corrected chi connectivity index (χ1v) is 5.42. The lowest BCUT2D eigenvalue weighted by molar-refractivity contribution is 0.0228. The highest BCUT2D eigenvalue weighted by Crippen LogP contribution is 2.02. The zero-order valence-electron chi connectivity index (χ0n) is 9.21. The van der Waals surface area contributed by atoms with E-state index < -0.39 is 6.10 Å². The first-order chi connectivity index (χ1) is 7.77. The maximum Gasteiger partial charge on any atom is 0.0833 e. The maximum atomic E-state index is 9.36. The monoisotopic (exact) mass is 225 g/mol. The summed E-state index contributed by atoms with van der Waals surface area (Å²) < 4.78 is 0. The molecule has 1 aromatic carbocycles. The van der Waals surface area contributed by atoms with Crippen LogP contribution in [-0.2, 0) is 6.54 Å². The molecule has 0 aliphatic rings. The third-order valence-electron chi connectivity index (χ3n) is 2.54. The molecule has 0 bridgehead atoms. The third-order valence-corrected chi connectivity index (χ3v) is 2.54. The Morgan fingerprint density at radius 3 is 2.31 bits per heavy atom. The van der Waals surface area contributed by atoms with Gasteiger partial charge in [0.15, 0.2) is 0 Å². The average molecular weight is 225 g/mol. The molecule has 0 spiro atoms. The number of hydrogen-bond donors (Lipinski definition) is 4. The number of aliphatic hydroxyl groups excluding tert-OH is 3. The normalized spacial score (nSPS) is 14.7. The number of aliphatic hydroxyl groups is 3. The van der Waals surface area contributed by atoms with Crippen molar-refractivity contribution in [2.75, 3.05) is 19.8 Å². The fourth-order valence-electron chi connectivity index (χ4n) is 1.47. The van der Waals surface area contributed by atoms with Crippen molar-refractivity contribution in [1.82, 2.24) is 5.32 Å². The fourth-order valence-corrected chi connectivity index (χ4v) is 1.47. The zero-order valence-corrected chi connectivity index (χ0v) is 9.21. The van der Waals surface area contributed by atoms with E-state index in [1.54, 1.807) is 0 Å². The molecule has 90 valence electrons. The predicted molar refractivity (Wildman–Crippen MR) is 61.8 cm³/mol. The number of benzene rings is 1. The maximum absolute atomic E-state index is 9.36. The van der Waals surface area contributed by atoms with E-state index in [0.29, 0.717) is 13.1 Å². The predicted octanol–water partition coefficient (Wildman–Crippen LogP) is -0.262. The second kappa shape index (κ2) is 7.35. The van der Waals surface area contributed by atoms with Crippen LogP contribution < -0.4 is 5.32 Å². The van der Waals surface area contributed by atoms with Gasteiger partial charge in [0, 0.05) is 25.6 Å². The van der Waals surface area contributed by atoms with Crippen molar-refractivity contribution in [3.63, 3.8) is 0 Å². The van der Waals surface area contributed by atoms with E-state index in [0.717, 1.165) is 5.56 Å². The van der Waals surface area contributed by atoms with E-state index in [4.69, 9.17) is 10.2 Å². The Bertz CT molecular complexity index is 279. The van der Waals surface area contributed by atoms with Crippen molar-refractivity contribution < 1.29 is 15.3 Å². The van der Waals surface area contributed by atoms with Gasteiger partial charge >= 0.3 is 0 Å². The van der Waals surface area contributed by atoms with Crippen molar-refractivity contribution in [2.45, 2.75) is 12.6 Å². The largest absolute Gasteiger partial charge is 0.396 e. The SMILES string of the molecule is OCC(CNCc1ccccc1)[C@@H](O)CO. The Morgan fingerprint density at radius 2 is 1.75 bits per heavy atom. The van der Waals surface area contributed by atoms with Crippen LogP contribution in [0.15, 0.2) is 30.3 Å². The summed E-state index contributed by atoms with van der Waals surface area (Å²) in [4.78, 5) is 0. The molecule has 0 aliphatic carbocycles. The van der Waals surface area contributed by atoms with Gasteiger partial charge in [-0.25, -0.2) is 0 Å². The molecule has 1 aromatic rings. The molecule has 1 rings (SSSR count). The van der Waals surface area contributed by atoms with Crippen LogP contribution in [0.2, 0.25) is 0 Å². The fraction of sp³-hybridized carbons (Fsp3) is 0.500. The lowest BCUT2D eigenvalue weighted by Gasteiger charge is -2.19. The highest BCUT2D eigenvalue weighted by atomic mass is 16.3. The Kier molecular flexibility index (Phi) is 6.03. The Hall–Kier alpha value is -0.940. The van der Waals surface area contributed by atoms with E-state index in [1.807, 2.05) is 30.3 Å². The molecule has 2 atom stereocenters. The van der Waals surface area contributed by atoms with Crippen LogP contribution in [0.3, 0.4) is 0 Å². The standard InChI is InChI=1S/C12H19NO3/c14-8-11(12(16)9-15)7-13-6-10-4-2-1-3-5-10/h1-5,11-16H,6-9H2/t11?,12-/m0/s1. The van der Waals surface area contributed by atoms with Crippen LogP contribution in [0.1, 0.15) is 5.56 Å². The molecule has 4 N–H and O–H groups in total. The zero-order chi connectivity index (χ0) is 11.8. The summed E-state index contributed by atoms with van der Waals surface area (Å²) in [6, 6.07) is 9.88.